The first-order valence-electron chi connectivity index (χ1n) is 3.24. The van der Waals surface area contributed by atoms with Crippen LogP contribution in [0.15, 0.2) is 12.3 Å². The molecule has 56 valence electrons. The third kappa shape index (κ3) is 1.05. The van der Waals surface area contributed by atoms with Gasteiger partial charge < -0.3 is 5.73 Å². The number of hydrogen-bond donors (Lipinski definition) is 1. The molecule has 4 heteroatoms. The van der Waals surface area contributed by atoms with Crippen LogP contribution in [0.4, 0.5) is 5.95 Å². The van der Waals surface area contributed by atoms with Crippen molar-refractivity contribution in [3.05, 3.63) is 17.1 Å². The van der Waals surface area contributed by atoms with E-state index in [0.29, 0.717) is 5.95 Å². The molecule has 0 atom stereocenters. The summed E-state index contributed by atoms with van der Waals surface area (Å²) in [6.07, 6.45) is 1.75. The molecular weight excluding hydrogens is 158 g/mol. The predicted molar refractivity (Wildman–Crippen MR) is 46.6 cm³/mol. The minimum Gasteiger partial charge on any atom is -0.368 e. The summed E-state index contributed by atoms with van der Waals surface area (Å²) in [6, 6.07) is 2.06. The van der Waals surface area contributed by atoms with Gasteiger partial charge in [0.25, 0.3) is 0 Å². The van der Waals surface area contributed by atoms with Gasteiger partial charge in [0.2, 0.25) is 5.95 Å². The molecule has 0 aliphatic carbocycles. The van der Waals surface area contributed by atoms with E-state index in [1.165, 1.54) is 4.88 Å². The Morgan fingerprint density at radius 1 is 1.55 bits per heavy atom. The number of aromatic nitrogens is 2. The van der Waals surface area contributed by atoms with E-state index in [1.807, 2.05) is 6.92 Å². The maximum atomic E-state index is 5.42. The van der Waals surface area contributed by atoms with Gasteiger partial charge in [-0.2, -0.15) is 0 Å². The van der Waals surface area contributed by atoms with E-state index in [-0.39, 0.29) is 0 Å². The van der Waals surface area contributed by atoms with Crippen LogP contribution < -0.4 is 5.73 Å². The zero-order valence-corrected chi connectivity index (χ0v) is 6.85. The maximum Gasteiger partial charge on any atom is 0.221 e. The Hall–Kier alpha value is -1.16. The van der Waals surface area contributed by atoms with Crippen LogP contribution in [-0.4, -0.2) is 9.97 Å². The van der Waals surface area contributed by atoms with E-state index >= 15 is 0 Å². The Bertz CT molecular complexity index is 393. The summed E-state index contributed by atoms with van der Waals surface area (Å²) in [6.45, 7) is 2.04. The topological polar surface area (TPSA) is 51.8 Å². The fourth-order valence-electron chi connectivity index (χ4n) is 0.970. The highest BCUT2D eigenvalue weighted by Gasteiger charge is 1.99. The fraction of sp³-hybridized carbons (Fsp3) is 0.143. The van der Waals surface area contributed by atoms with Gasteiger partial charge in [0, 0.05) is 16.5 Å². The first-order valence-corrected chi connectivity index (χ1v) is 4.06. The Labute approximate surface area is 67.9 Å². The average molecular weight is 165 g/mol. The maximum absolute atomic E-state index is 5.42. The molecule has 0 fully saturated rings. The molecule has 2 aromatic rings. The van der Waals surface area contributed by atoms with E-state index in [9.17, 15) is 0 Å². The third-order valence-corrected chi connectivity index (χ3v) is 2.38. The van der Waals surface area contributed by atoms with Crippen molar-refractivity contribution in [2.75, 3.05) is 5.73 Å². The van der Waals surface area contributed by atoms with Gasteiger partial charge in [-0.15, -0.1) is 11.3 Å². The van der Waals surface area contributed by atoms with E-state index in [0.717, 1.165) is 10.2 Å². The van der Waals surface area contributed by atoms with Gasteiger partial charge in [0.05, 0.1) is 0 Å². The number of thiophene rings is 1. The van der Waals surface area contributed by atoms with Crippen LogP contribution >= 0.6 is 11.3 Å². The zero-order valence-electron chi connectivity index (χ0n) is 6.03. The van der Waals surface area contributed by atoms with Crippen LogP contribution in [0.2, 0.25) is 0 Å². The van der Waals surface area contributed by atoms with Crippen LogP contribution in [0.25, 0.3) is 10.2 Å². The standard InChI is InChI=1S/C7H7N3S/c1-4-2-5-3-9-7(8)10-6(5)11-4/h2-3H,1H3,(H2,8,9,10). The molecule has 2 heterocycles. The van der Waals surface area contributed by atoms with E-state index in [2.05, 4.69) is 16.0 Å². The molecule has 0 saturated carbocycles. The SMILES string of the molecule is Cc1cc2cnc(N)nc2s1. The van der Waals surface area contributed by atoms with Crippen LogP contribution in [0.5, 0.6) is 0 Å². The lowest BCUT2D eigenvalue weighted by Gasteiger charge is -1.88. The molecule has 0 aliphatic rings. The monoisotopic (exact) mass is 165 g/mol. The first kappa shape index (κ1) is 6.54. The van der Waals surface area contributed by atoms with Crippen LogP contribution in [0, 0.1) is 6.92 Å². The molecule has 0 aromatic carbocycles. The lowest BCUT2D eigenvalue weighted by molar-refractivity contribution is 1.25. The number of nitrogens with zero attached hydrogens (tertiary/aromatic N) is 2. The van der Waals surface area contributed by atoms with Crippen molar-refractivity contribution in [1.29, 1.82) is 0 Å². The Morgan fingerprint density at radius 2 is 2.36 bits per heavy atom. The van der Waals surface area contributed by atoms with Crippen molar-refractivity contribution < 1.29 is 0 Å². The van der Waals surface area contributed by atoms with Gasteiger partial charge in [-0.25, -0.2) is 9.97 Å². The van der Waals surface area contributed by atoms with Gasteiger partial charge in [0.15, 0.2) is 0 Å². The molecular formula is C7H7N3S. The number of nitrogen functional groups attached to an aromatic ring is 1. The van der Waals surface area contributed by atoms with E-state index < -0.39 is 0 Å². The summed E-state index contributed by atoms with van der Waals surface area (Å²) in [7, 11) is 0. The molecule has 2 rings (SSSR count). The summed E-state index contributed by atoms with van der Waals surface area (Å²) >= 11 is 1.64. The quantitative estimate of drug-likeness (QED) is 0.644. The Balaban J connectivity index is 2.82. The van der Waals surface area contributed by atoms with Crippen molar-refractivity contribution in [2.24, 2.45) is 0 Å². The van der Waals surface area contributed by atoms with Crippen molar-refractivity contribution >= 4 is 27.5 Å². The third-order valence-electron chi connectivity index (χ3n) is 1.42. The van der Waals surface area contributed by atoms with Gasteiger partial charge >= 0.3 is 0 Å². The molecule has 3 nitrogen and oxygen atoms in total. The second-order valence-corrected chi connectivity index (χ2v) is 3.58. The second kappa shape index (κ2) is 2.17. The van der Waals surface area contributed by atoms with E-state index in [4.69, 9.17) is 5.73 Å². The van der Waals surface area contributed by atoms with Crippen molar-refractivity contribution in [2.45, 2.75) is 6.92 Å². The fourth-order valence-corrected chi connectivity index (χ4v) is 1.83. The summed E-state index contributed by atoms with van der Waals surface area (Å²) in [4.78, 5) is 10.2. The normalized spacial score (nSPS) is 10.6. The molecule has 0 spiro atoms. The van der Waals surface area contributed by atoms with Gasteiger partial charge in [-0.1, -0.05) is 0 Å². The summed E-state index contributed by atoms with van der Waals surface area (Å²) in [5.41, 5.74) is 5.42. The Morgan fingerprint density at radius 3 is 3.18 bits per heavy atom. The van der Waals surface area contributed by atoms with Gasteiger partial charge in [-0.3, -0.25) is 0 Å². The molecule has 0 amide bonds. The molecule has 0 unspecified atom stereocenters. The average Bonchev–Trinajstić information content (AvgIpc) is 2.27. The minimum atomic E-state index is 0.347. The number of fused-ring (bicyclic) bond motifs is 1. The molecule has 11 heavy (non-hydrogen) atoms. The highest BCUT2D eigenvalue weighted by Crippen LogP contribution is 2.22. The largest absolute Gasteiger partial charge is 0.368 e. The number of rotatable bonds is 0. The lowest BCUT2D eigenvalue weighted by atomic mass is 10.4. The number of aryl methyl sites for hydroxylation is 1. The molecule has 0 aliphatic heterocycles. The molecule has 2 aromatic heterocycles. The van der Waals surface area contributed by atoms with Gasteiger partial charge in [0.1, 0.15) is 4.83 Å². The number of anilines is 1. The Kier molecular flexibility index (Phi) is 1.29. The molecule has 2 N–H and O–H groups in total. The molecule has 0 bridgehead atoms. The second-order valence-electron chi connectivity index (χ2n) is 2.35. The van der Waals surface area contributed by atoms with Crippen LogP contribution in [-0.2, 0) is 0 Å². The van der Waals surface area contributed by atoms with Crippen LogP contribution in [0.1, 0.15) is 4.88 Å². The molecule has 0 saturated heterocycles. The van der Waals surface area contributed by atoms with Crippen molar-refractivity contribution in [3.63, 3.8) is 0 Å². The number of nitrogens with two attached hydrogens (primary N) is 1. The van der Waals surface area contributed by atoms with Crippen molar-refractivity contribution in [1.82, 2.24) is 9.97 Å². The highest BCUT2D eigenvalue weighted by atomic mass is 32.1. The number of hydrogen-bond acceptors (Lipinski definition) is 4. The first-order chi connectivity index (χ1) is 5.25. The molecule has 0 radical (unpaired) electrons. The minimum absolute atomic E-state index is 0.347. The lowest BCUT2D eigenvalue weighted by Crippen LogP contribution is -1.91. The zero-order chi connectivity index (χ0) is 7.84. The highest BCUT2D eigenvalue weighted by molar-refractivity contribution is 7.18. The van der Waals surface area contributed by atoms with Gasteiger partial charge in [-0.05, 0) is 13.0 Å². The summed E-state index contributed by atoms with van der Waals surface area (Å²) in [5, 5.41) is 1.07. The predicted octanol–water partition coefficient (Wildman–Crippen LogP) is 1.58. The van der Waals surface area contributed by atoms with Crippen molar-refractivity contribution in [3.8, 4) is 0 Å². The summed E-state index contributed by atoms with van der Waals surface area (Å²) < 4.78 is 0. The smallest absolute Gasteiger partial charge is 0.221 e. The van der Waals surface area contributed by atoms with E-state index in [1.54, 1.807) is 17.5 Å². The van der Waals surface area contributed by atoms with Crippen LogP contribution in [0.3, 0.4) is 0 Å². The summed E-state index contributed by atoms with van der Waals surface area (Å²) in [5.74, 6) is 0.347.